The van der Waals surface area contributed by atoms with Gasteiger partial charge in [0.2, 0.25) is 8.32 Å². The van der Waals surface area contributed by atoms with Gasteiger partial charge in [-0.25, -0.2) is 4.84 Å². The number of nitrogens with zero attached hydrogens (tertiary/aromatic N) is 1. The van der Waals surface area contributed by atoms with Crippen molar-refractivity contribution in [2.24, 2.45) is 0 Å². The maximum Gasteiger partial charge on any atom is 0.223 e. The molecule has 2 atom stereocenters. The Morgan fingerprint density at radius 1 is 1.22 bits per heavy atom. The molecule has 6 heteroatoms. The highest BCUT2D eigenvalue weighted by atomic mass is 28.4. The molecular weight excluding hydrogens is 310 g/mol. The Hall–Kier alpha value is -1.34. The molecule has 0 radical (unpaired) electrons. The summed E-state index contributed by atoms with van der Waals surface area (Å²) in [6.45, 7) is 12.4. The summed E-state index contributed by atoms with van der Waals surface area (Å²) in [6, 6.07) is 7.99. The minimum atomic E-state index is -1.84. The molecule has 2 rings (SSSR count). The first-order valence-corrected chi connectivity index (χ1v) is 11.1. The lowest BCUT2D eigenvalue weighted by molar-refractivity contribution is -0.422. The highest BCUT2D eigenvalue weighted by molar-refractivity contribution is 6.69. The van der Waals surface area contributed by atoms with Crippen molar-refractivity contribution in [3.63, 3.8) is 0 Å². The van der Waals surface area contributed by atoms with E-state index in [0.717, 1.165) is 17.0 Å². The maximum absolute atomic E-state index is 6.03. The molecular formula is C17H27NO4Si. The molecule has 0 unspecified atom stereocenters. The van der Waals surface area contributed by atoms with Crippen molar-refractivity contribution in [3.8, 4) is 5.75 Å². The van der Waals surface area contributed by atoms with Crippen LogP contribution in [0.2, 0.25) is 19.6 Å². The summed E-state index contributed by atoms with van der Waals surface area (Å²) in [5.74, 6) is 0.123. The summed E-state index contributed by atoms with van der Waals surface area (Å²) in [4.78, 5) is 5.91. The molecule has 1 aliphatic rings. The highest BCUT2D eigenvalue weighted by Gasteiger charge is 2.42. The van der Waals surface area contributed by atoms with Crippen molar-refractivity contribution in [3.05, 3.63) is 42.1 Å². The lowest BCUT2D eigenvalue weighted by atomic mass is 9.88. The van der Waals surface area contributed by atoms with Gasteiger partial charge in [0, 0.05) is 19.4 Å². The molecule has 23 heavy (non-hydrogen) atoms. The van der Waals surface area contributed by atoms with Gasteiger partial charge in [0.1, 0.15) is 5.75 Å². The van der Waals surface area contributed by atoms with E-state index < -0.39 is 14.1 Å². The smallest absolute Gasteiger partial charge is 0.223 e. The number of hydroxylamine groups is 2. The maximum atomic E-state index is 6.03. The third kappa shape index (κ3) is 4.35. The summed E-state index contributed by atoms with van der Waals surface area (Å²) in [5, 5.41) is 1.47. The van der Waals surface area contributed by atoms with Crippen molar-refractivity contribution < 1.29 is 18.8 Å². The van der Waals surface area contributed by atoms with Crippen molar-refractivity contribution in [1.82, 2.24) is 5.23 Å². The van der Waals surface area contributed by atoms with E-state index in [4.69, 9.17) is 18.8 Å². The molecule has 1 fully saturated rings. The molecule has 0 spiro atoms. The number of benzene rings is 1. The van der Waals surface area contributed by atoms with Crippen LogP contribution in [-0.4, -0.2) is 33.6 Å². The van der Waals surface area contributed by atoms with E-state index in [1.165, 1.54) is 5.23 Å². The summed E-state index contributed by atoms with van der Waals surface area (Å²) < 4.78 is 16.8. The summed E-state index contributed by atoms with van der Waals surface area (Å²) in [5.41, 5.74) is 1.92. The van der Waals surface area contributed by atoms with E-state index in [9.17, 15) is 0 Å². The normalized spacial score (nSPS) is 25.6. The fourth-order valence-corrected chi connectivity index (χ4v) is 3.13. The zero-order valence-corrected chi connectivity index (χ0v) is 15.9. The van der Waals surface area contributed by atoms with E-state index in [-0.39, 0.29) is 5.92 Å². The predicted molar refractivity (Wildman–Crippen MR) is 92.3 cm³/mol. The second-order valence-electron chi connectivity index (χ2n) is 6.91. The third-order valence-electron chi connectivity index (χ3n) is 3.79. The lowest BCUT2D eigenvalue weighted by Crippen LogP contribution is -2.49. The number of ether oxygens (including phenoxy) is 2. The predicted octanol–water partition coefficient (Wildman–Crippen LogP) is 4.06. The average Bonchev–Trinajstić information content (AvgIpc) is 2.49. The molecule has 0 saturated carbocycles. The summed E-state index contributed by atoms with van der Waals surface area (Å²) in [6.07, 6.45) is 0.667. The SMILES string of the molecule is C=C1[C@@H](c2ccc(OC)cc2)C[C@](C)(OC)ON1O[Si](C)(C)C. The van der Waals surface area contributed by atoms with E-state index >= 15 is 0 Å². The Kier molecular flexibility index (Phi) is 5.20. The van der Waals surface area contributed by atoms with Crippen LogP contribution in [0.3, 0.4) is 0 Å². The number of methoxy groups -OCH3 is 2. The quantitative estimate of drug-likeness (QED) is 0.758. The van der Waals surface area contributed by atoms with E-state index in [1.54, 1.807) is 14.2 Å². The molecule has 1 aromatic rings. The molecule has 128 valence electrons. The van der Waals surface area contributed by atoms with Crippen LogP contribution in [-0.2, 0) is 14.1 Å². The minimum absolute atomic E-state index is 0.0518. The first-order valence-electron chi connectivity index (χ1n) is 7.74. The Morgan fingerprint density at radius 3 is 2.30 bits per heavy atom. The van der Waals surface area contributed by atoms with Crippen LogP contribution in [0.25, 0.3) is 0 Å². The molecule has 1 aliphatic heterocycles. The van der Waals surface area contributed by atoms with Gasteiger partial charge in [0.25, 0.3) is 0 Å². The zero-order chi connectivity index (χ0) is 17.3. The van der Waals surface area contributed by atoms with Gasteiger partial charge in [-0.1, -0.05) is 18.7 Å². The lowest BCUT2D eigenvalue weighted by Gasteiger charge is -2.45. The molecule has 0 bridgehead atoms. The second-order valence-corrected chi connectivity index (χ2v) is 11.3. The zero-order valence-electron chi connectivity index (χ0n) is 14.9. The van der Waals surface area contributed by atoms with Gasteiger partial charge in [-0.3, -0.25) is 4.53 Å². The number of rotatable bonds is 5. The topological polar surface area (TPSA) is 40.2 Å². The molecule has 1 saturated heterocycles. The molecule has 1 heterocycles. The third-order valence-corrected chi connectivity index (χ3v) is 4.51. The Morgan fingerprint density at radius 2 is 1.83 bits per heavy atom. The number of hydrogen-bond acceptors (Lipinski definition) is 5. The van der Waals surface area contributed by atoms with Crippen molar-refractivity contribution in [2.45, 2.75) is 44.7 Å². The van der Waals surface area contributed by atoms with Gasteiger partial charge in [0.05, 0.1) is 12.8 Å². The van der Waals surface area contributed by atoms with Gasteiger partial charge in [-0.05, 0) is 44.3 Å². The van der Waals surface area contributed by atoms with Crippen LogP contribution in [0.5, 0.6) is 5.75 Å². The molecule has 1 aromatic carbocycles. The number of allylic oxidation sites excluding steroid dienone is 1. The van der Waals surface area contributed by atoms with E-state index in [2.05, 4.69) is 26.2 Å². The standard InChI is InChI=1S/C17H27NO4Si/c1-13-16(14-8-10-15(19-3)11-9-14)12-17(2,20-4)21-18(13)22-23(5,6)7/h8-11,16H,1,12H2,2-7H3/t16-,17+/m0/s1. The highest BCUT2D eigenvalue weighted by Crippen LogP contribution is 2.42. The largest absolute Gasteiger partial charge is 0.497 e. The van der Waals surface area contributed by atoms with E-state index in [1.807, 2.05) is 31.2 Å². The van der Waals surface area contributed by atoms with Crippen LogP contribution in [0, 0.1) is 0 Å². The summed E-state index contributed by atoms with van der Waals surface area (Å²) in [7, 11) is 1.46. The molecule has 0 N–H and O–H groups in total. The van der Waals surface area contributed by atoms with Crippen LogP contribution < -0.4 is 4.74 Å². The Balaban J connectivity index is 2.30. The fourth-order valence-electron chi connectivity index (χ4n) is 2.48. The molecule has 0 aromatic heterocycles. The van der Waals surface area contributed by atoms with Gasteiger partial charge in [0.15, 0.2) is 5.79 Å². The monoisotopic (exact) mass is 337 g/mol. The first kappa shape index (κ1) is 18.0. The Bertz CT molecular complexity index is 555. The fraction of sp³-hybridized carbons (Fsp3) is 0.529. The molecule has 0 amide bonds. The summed E-state index contributed by atoms with van der Waals surface area (Å²) >= 11 is 0. The van der Waals surface area contributed by atoms with Gasteiger partial charge < -0.3 is 9.47 Å². The van der Waals surface area contributed by atoms with Crippen LogP contribution in [0.1, 0.15) is 24.8 Å². The second kappa shape index (κ2) is 6.65. The van der Waals surface area contributed by atoms with Crippen molar-refractivity contribution in [2.75, 3.05) is 14.2 Å². The van der Waals surface area contributed by atoms with Crippen molar-refractivity contribution >= 4 is 8.32 Å². The van der Waals surface area contributed by atoms with Crippen LogP contribution >= 0.6 is 0 Å². The van der Waals surface area contributed by atoms with Gasteiger partial charge >= 0.3 is 0 Å². The molecule has 5 nitrogen and oxygen atoms in total. The molecule has 0 aliphatic carbocycles. The number of hydrogen-bond donors (Lipinski definition) is 0. The van der Waals surface area contributed by atoms with E-state index in [0.29, 0.717) is 6.42 Å². The first-order chi connectivity index (χ1) is 10.7. The van der Waals surface area contributed by atoms with Crippen LogP contribution in [0.15, 0.2) is 36.5 Å². The Labute approximate surface area is 139 Å². The van der Waals surface area contributed by atoms with Crippen LogP contribution in [0.4, 0.5) is 0 Å². The van der Waals surface area contributed by atoms with Crippen molar-refractivity contribution in [1.29, 1.82) is 0 Å². The van der Waals surface area contributed by atoms with Gasteiger partial charge in [-0.15, -0.1) is 5.23 Å². The minimum Gasteiger partial charge on any atom is -0.497 e. The average molecular weight is 337 g/mol. The van der Waals surface area contributed by atoms with Gasteiger partial charge in [-0.2, -0.15) is 0 Å².